The lowest BCUT2D eigenvalue weighted by molar-refractivity contribution is -0.191. The molecular formula is C37H53NO10. The number of hydrogen-bond acceptors (Lipinski definition) is 9. The summed E-state index contributed by atoms with van der Waals surface area (Å²) in [5, 5.41) is 12.2. The predicted octanol–water partition coefficient (Wildman–Crippen LogP) is 4.88. The van der Waals surface area contributed by atoms with E-state index in [1.165, 1.54) is 12.5 Å². The van der Waals surface area contributed by atoms with Crippen molar-refractivity contribution in [3.63, 3.8) is 0 Å². The van der Waals surface area contributed by atoms with E-state index in [2.05, 4.69) is 19.2 Å². The predicted molar refractivity (Wildman–Crippen MR) is 173 cm³/mol. The topological polar surface area (TPSA) is 162 Å². The maximum Gasteiger partial charge on any atom is 0.306 e. The lowest BCUT2D eigenvalue weighted by Crippen LogP contribution is -2.59. The minimum Gasteiger partial charge on any atom is -0.481 e. The summed E-state index contributed by atoms with van der Waals surface area (Å²) in [7, 11) is 0. The Morgan fingerprint density at radius 3 is 2.40 bits per heavy atom. The van der Waals surface area contributed by atoms with Gasteiger partial charge in [-0.05, 0) is 107 Å². The van der Waals surface area contributed by atoms with E-state index in [0.29, 0.717) is 50.5 Å². The molecule has 5 aliphatic rings. The molecule has 266 valence electrons. The van der Waals surface area contributed by atoms with Gasteiger partial charge in [-0.1, -0.05) is 19.4 Å². The fourth-order valence-electron chi connectivity index (χ4n) is 10.5. The summed E-state index contributed by atoms with van der Waals surface area (Å²) < 4.78 is 17.1. The van der Waals surface area contributed by atoms with Gasteiger partial charge >= 0.3 is 17.9 Å². The van der Waals surface area contributed by atoms with Crippen LogP contribution in [0.1, 0.15) is 118 Å². The van der Waals surface area contributed by atoms with Crippen LogP contribution in [0.15, 0.2) is 11.6 Å². The molecule has 4 aliphatic carbocycles. The Balaban J connectivity index is 1.20. The maximum absolute atomic E-state index is 14.0. The first-order valence-electron chi connectivity index (χ1n) is 17.8. The molecule has 1 aliphatic heterocycles. The fraction of sp³-hybridized carbons (Fsp3) is 0.784. The summed E-state index contributed by atoms with van der Waals surface area (Å²) in [5.41, 5.74) is -1.23. The van der Waals surface area contributed by atoms with Crippen LogP contribution in [0, 0.1) is 34.5 Å². The number of ether oxygens (including phenoxy) is 3. The van der Waals surface area contributed by atoms with Crippen molar-refractivity contribution in [3.05, 3.63) is 11.6 Å². The van der Waals surface area contributed by atoms with Crippen molar-refractivity contribution in [1.29, 1.82) is 0 Å². The van der Waals surface area contributed by atoms with Gasteiger partial charge in [-0.2, -0.15) is 0 Å². The highest BCUT2D eigenvalue weighted by atomic mass is 16.6. The van der Waals surface area contributed by atoms with Gasteiger partial charge in [-0.25, -0.2) is 0 Å². The molecule has 1 saturated heterocycles. The van der Waals surface area contributed by atoms with Crippen molar-refractivity contribution >= 4 is 35.4 Å². The Bertz CT molecular complexity index is 1370. The minimum absolute atomic E-state index is 0.0360. The van der Waals surface area contributed by atoms with Crippen LogP contribution in [-0.4, -0.2) is 70.9 Å². The van der Waals surface area contributed by atoms with Crippen LogP contribution in [0.25, 0.3) is 0 Å². The Hall–Kier alpha value is -3.08. The molecular weight excluding hydrogens is 618 g/mol. The molecule has 11 nitrogen and oxygen atoms in total. The average molecular weight is 672 g/mol. The van der Waals surface area contributed by atoms with Crippen molar-refractivity contribution in [3.8, 4) is 0 Å². The summed E-state index contributed by atoms with van der Waals surface area (Å²) >= 11 is 0. The fourth-order valence-corrected chi connectivity index (χ4v) is 10.5. The van der Waals surface area contributed by atoms with Gasteiger partial charge in [0, 0.05) is 37.8 Å². The van der Waals surface area contributed by atoms with Crippen molar-refractivity contribution < 1.29 is 48.1 Å². The van der Waals surface area contributed by atoms with Gasteiger partial charge < -0.3 is 24.6 Å². The first-order valence-corrected chi connectivity index (χ1v) is 17.8. The van der Waals surface area contributed by atoms with E-state index in [0.717, 1.165) is 32.1 Å². The largest absolute Gasteiger partial charge is 0.481 e. The number of allylic oxidation sites excluding steroid dienone is 1. The maximum atomic E-state index is 14.0. The molecule has 1 amide bonds. The lowest BCUT2D eigenvalue weighted by Gasteiger charge is -2.59. The second kappa shape index (κ2) is 13.7. The molecule has 3 saturated carbocycles. The summed E-state index contributed by atoms with van der Waals surface area (Å²) in [6.07, 6.45) is 8.19. The molecule has 5 rings (SSSR count). The number of esters is 2. The van der Waals surface area contributed by atoms with Crippen LogP contribution in [0.3, 0.4) is 0 Å². The number of carboxylic acids is 1. The minimum atomic E-state index is -1.41. The van der Waals surface area contributed by atoms with Crippen LogP contribution < -0.4 is 5.32 Å². The molecule has 11 heteroatoms. The Labute approximate surface area is 283 Å². The van der Waals surface area contributed by atoms with E-state index < -0.39 is 58.9 Å². The van der Waals surface area contributed by atoms with Gasteiger partial charge in [0.05, 0.1) is 18.4 Å². The quantitative estimate of drug-likeness (QED) is 0.290. The van der Waals surface area contributed by atoms with Gasteiger partial charge in [0.2, 0.25) is 11.7 Å². The number of nitrogens with one attached hydrogen (secondary N) is 1. The van der Waals surface area contributed by atoms with E-state index in [-0.39, 0.29) is 42.3 Å². The van der Waals surface area contributed by atoms with E-state index in [4.69, 9.17) is 14.2 Å². The van der Waals surface area contributed by atoms with Crippen LogP contribution in [0.5, 0.6) is 0 Å². The summed E-state index contributed by atoms with van der Waals surface area (Å²) in [4.78, 5) is 75.9. The molecule has 0 aromatic heterocycles. The molecule has 0 unspecified atom stereocenters. The van der Waals surface area contributed by atoms with E-state index in [9.17, 15) is 33.9 Å². The zero-order chi connectivity index (χ0) is 35.1. The summed E-state index contributed by atoms with van der Waals surface area (Å²) in [6.45, 7) is 9.43. The number of hydrogen-bond donors (Lipinski definition) is 2. The molecule has 0 bridgehead atoms. The molecule has 0 radical (unpaired) electrons. The third kappa shape index (κ3) is 6.98. The van der Waals surface area contributed by atoms with Crippen LogP contribution >= 0.6 is 0 Å². The molecule has 2 N–H and O–H groups in total. The average Bonchev–Trinajstić information content (AvgIpc) is 3.30. The van der Waals surface area contributed by atoms with Gasteiger partial charge in [0.15, 0.2) is 18.0 Å². The first kappa shape index (κ1) is 36.2. The van der Waals surface area contributed by atoms with Crippen LogP contribution in [-0.2, 0) is 43.0 Å². The Morgan fingerprint density at radius 2 is 1.71 bits per heavy atom. The third-order valence-corrected chi connectivity index (χ3v) is 12.8. The van der Waals surface area contributed by atoms with Gasteiger partial charge in [-0.3, -0.25) is 28.8 Å². The van der Waals surface area contributed by atoms with Crippen molar-refractivity contribution in [2.45, 2.75) is 135 Å². The number of carboxylic acid groups (broad SMARTS) is 1. The van der Waals surface area contributed by atoms with E-state index >= 15 is 0 Å². The monoisotopic (exact) mass is 671 g/mol. The summed E-state index contributed by atoms with van der Waals surface area (Å²) in [6, 6.07) is -0.597. The SMILES string of the molecule is CC(=O)O[C@]1(C(=O)COC(=O)CCC(=O)N[C@@H](CC(=O)O)[C@H]2CCOC(C)(C)C2)CC[C@H]2[C@@H]3CCC4=CC(=O)CC[C@]4(C)[C@H]3CC[C@@]21C. The standard InChI is InChI=1S/C37H53NO10/c1-22(39)48-37(16-12-28-26-7-6-24-18-25(40)10-14-35(24,4)27(26)11-15-36(28,37)5)30(41)21-46-33(45)9-8-31(42)38-29(19-32(43)44)23-13-17-47-34(2,3)20-23/h18,23,26-29H,6-17,19-21H2,1-5H3,(H,38,42)(H,43,44)/t23-,26+,27-,28-,29-,35-,36-,37-/m0/s1. The highest BCUT2D eigenvalue weighted by Crippen LogP contribution is 2.68. The van der Waals surface area contributed by atoms with Crippen molar-refractivity contribution in [2.75, 3.05) is 13.2 Å². The highest BCUT2D eigenvalue weighted by Gasteiger charge is 2.68. The van der Waals surface area contributed by atoms with E-state index in [1.807, 2.05) is 19.9 Å². The van der Waals surface area contributed by atoms with Gasteiger partial charge in [0.25, 0.3) is 0 Å². The van der Waals surface area contributed by atoms with E-state index in [1.54, 1.807) is 0 Å². The number of amides is 1. The molecule has 0 aromatic carbocycles. The first-order chi connectivity index (χ1) is 22.5. The van der Waals surface area contributed by atoms with Crippen LogP contribution in [0.2, 0.25) is 0 Å². The van der Waals surface area contributed by atoms with Crippen LogP contribution in [0.4, 0.5) is 0 Å². The number of carbonyl (C=O) groups is 6. The van der Waals surface area contributed by atoms with Gasteiger partial charge in [0.1, 0.15) is 0 Å². The number of rotatable bonds is 11. The zero-order valence-corrected chi connectivity index (χ0v) is 29.2. The number of Topliss-reactive ketones (excluding diaryl/α,β-unsaturated/α-hetero) is 1. The van der Waals surface area contributed by atoms with Crippen molar-refractivity contribution in [1.82, 2.24) is 5.32 Å². The highest BCUT2D eigenvalue weighted by molar-refractivity contribution is 5.93. The molecule has 0 spiro atoms. The second-order valence-electron chi connectivity index (χ2n) is 16.1. The Morgan fingerprint density at radius 1 is 0.979 bits per heavy atom. The normalized spacial score (nSPS) is 35.9. The number of fused-ring (bicyclic) bond motifs is 5. The molecule has 4 fully saturated rings. The smallest absolute Gasteiger partial charge is 0.306 e. The van der Waals surface area contributed by atoms with Crippen molar-refractivity contribution in [2.24, 2.45) is 34.5 Å². The van der Waals surface area contributed by atoms with Gasteiger partial charge in [-0.15, -0.1) is 0 Å². The molecule has 0 aromatic rings. The molecule has 1 heterocycles. The number of aliphatic carboxylic acids is 1. The second-order valence-corrected chi connectivity index (χ2v) is 16.1. The third-order valence-electron chi connectivity index (χ3n) is 12.8. The lowest BCUT2D eigenvalue weighted by atomic mass is 9.46. The number of ketones is 2. The summed E-state index contributed by atoms with van der Waals surface area (Å²) in [5.74, 6) is -2.20. The zero-order valence-electron chi connectivity index (χ0n) is 29.2. The number of carbonyl (C=O) groups excluding carboxylic acids is 5. The Kier molecular flexibility index (Phi) is 10.3. The molecule has 48 heavy (non-hydrogen) atoms. The molecule has 8 atom stereocenters.